The highest BCUT2D eigenvalue weighted by atomic mass is 19.4. The molecule has 204 valence electrons. The van der Waals surface area contributed by atoms with Crippen molar-refractivity contribution < 1.29 is 41.0 Å². The molecule has 4 nitrogen and oxygen atoms in total. The van der Waals surface area contributed by atoms with Crippen molar-refractivity contribution >= 4 is 16.7 Å². The molecule has 1 heterocycles. The summed E-state index contributed by atoms with van der Waals surface area (Å²) in [6.45, 7) is 3.03. The van der Waals surface area contributed by atoms with E-state index < -0.39 is 41.8 Å². The SMILES string of the molecule is CCC(c1ccc2ccc(O[C@H]3CC[C@@H](C(F)(F)F)CC3)c(C(F)(F)F)c2c1)N1CCC(C(=O)O)CC1. The molecule has 2 fully saturated rings. The van der Waals surface area contributed by atoms with Gasteiger partial charge in [0.2, 0.25) is 0 Å². The molecule has 37 heavy (non-hydrogen) atoms. The first-order valence-corrected chi connectivity index (χ1v) is 12.7. The Kier molecular flexibility index (Phi) is 7.97. The number of piperidine rings is 1. The lowest BCUT2D eigenvalue weighted by Gasteiger charge is -2.36. The smallest absolute Gasteiger partial charge is 0.420 e. The number of hydrogen-bond acceptors (Lipinski definition) is 3. The molecule has 1 aliphatic heterocycles. The number of hydrogen-bond donors (Lipinski definition) is 1. The summed E-state index contributed by atoms with van der Waals surface area (Å²) in [5.74, 6) is -3.04. The molecule has 10 heteroatoms. The second kappa shape index (κ2) is 10.7. The molecule has 2 aromatic rings. The Morgan fingerprint density at radius 2 is 1.62 bits per heavy atom. The van der Waals surface area contributed by atoms with Crippen molar-refractivity contribution in [2.75, 3.05) is 13.1 Å². The first-order chi connectivity index (χ1) is 17.4. The van der Waals surface area contributed by atoms with E-state index in [9.17, 15) is 36.2 Å². The van der Waals surface area contributed by atoms with Gasteiger partial charge in [-0.2, -0.15) is 26.3 Å². The van der Waals surface area contributed by atoms with Crippen molar-refractivity contribution in [3.8, 4) is 5.75 Å². The van der Waals surface area contributed by atoms with Gasteiger partial charge < -0.3 is 9.84 Å². The summed E-state index contributed by atoms with van der Waals surface area (Å²) in [5, 5.41) is 9.65. The van der Waals surface area contributed by atoms with Crippen LogP contribution in [0.3, 0.4) is 0 Å². The largest absolute Gasteiger partial charge is 0.490 e. The number of nitrogens with zero attached hydrogens (tertiary/aromatic N) is 1. The quantitative estimate of drug-likeness (QED) is 0.390. The van der Waals surface area contributed by atoms with Crippen molar-refractivity contribution in [3.63, 3.8) is 0 Å². The standard InChI is InChI=1S/C27H31F6NO3/c1-2-22(34-13-11-17(12-14-34)25(35)36)18-4-3-16-5-10-23(24(21(16)15-18)27(31,32)33)37-20-8-6-19(7-9-20)26(28,29)30/h3-5,10,15,17,19-20,22H,2,6-9,11-14H2,1H3,(H,35,36)/t19-,20+,22?. The van der Waals surface area contributed by atoms with Crippen LogP contribution >= 0.6 is 0 Å². The van der Waals surface area contributed by atoms with E-state index in [1.54, 1.807) is 18.2 Å². The number of halogens is 6. The Hall–Kier alpha value is -2.49. The van der Waals surface area contributed by atoms with E-state index in [0.717, 1.165) is 0 Å². The lowest BCUT2D eigenvalue weighted by Crippen LogP contribution is -2.38. The third kappa shape index (κ3) is 6.16. The first-order valence-electron chi connectivity index (χ1n) is 12.7. The predicted octanol–water partition coefficient (Wildman–Crippen LogP) is 7.61. The van der Waals surface area contributed by atoms with E-state index in [0.29, 0.717) is 43.3 Å². The third-order valence-electron chi connectivity index (χ3n) is 7.81. The van der Waals surface area contributed by atoms with Gasteiger partial charge in [0.15, 0.2) is 0 Å². The molecule has 0 spiro atoms. The molecule has 0 radical (unpaired) electrons. The van der Waals surface area contributed by atoms with Gasteiger partial charge in [-0.3, -0.25) is 9.69 Å². The van der Waals surface area contributed by atoms with Gasteiger partial charge in [-0.15, -0.1) is 0 Å². The fraction of sp³-hybridized carbons (Fsp3) is 0.593. The summed E-state index contributed by atoms with van der Waals surface area (Å²) < 4.78 is 87.7. The van der Waals surface area contributed by atoms with Gasteiger partial charge in [-0.05, 0) is 86.5 Å². The zero-order valence-electron chi connectivity index (χ0n) is 20.5. The Balaban J connectivity index is 1.62. The number of carboxylic acid groups (broad SMARTS) is 1. The zero-order chi connectivity index (χ0) is 27.0. The van der Waals surface area contributed by atoms with Gasteiger partial charge in [-0.1, -0.05) is 25.1 Å². The number of carboxylic acids is 1. The molecule has 0 amide bonds. The van der Waals surface area contributed by atoms with Gasteiger partial charge in [0.05, 0.1) is 17.9 Å². The number of likely N-dealkylation sites (tertiary alicyclic amines) is 1. The molecular weight excluding hydrogens is 500 g/mol. The van der Waals surface area contributed by atoms with Gasteiger partial charge in [0, 0.05) is 6.04 Å². The Morgan fingerprint density at radius 1 is 1.00 bits per heavy atom. The van der Waals surface area contributed by atoms with E-state index >= 15 is 0 Å². The van der Waals surface area contributed by atoms with E-state index in [1.165, 1.54) is 12.1 Å². The maximum atomic E-state index is 14.3. The number of carbonyl (C=O) groups is 1. The van der Waals surface area contributed by atoms with Crippen LogP contribution in [0.25, 0.3) is 10.8 Å². The van der Waals surface area contributed by atoms with E-state index in [4.69, 9.17) is 4.74 Å². The minimum absolute atomic E-state index is 0.00894. The Bertz CT molecular complexity index is 1100. The topological polar surface area (TPSA) is 49.8 Å². The van der Waals surface area contributed by atoms with Crippen LogP contribution in [0.4, 0.5) is 26.3 Å². The third-order valence-corrected chi connectivity index (χ3v) is 7.81. The van der Waals surface area contributed by atoms with Crippen molar-refractivity contribution in [2.45, 2.75) is 76.4 Å². The van der Waals surface area contributed by atoms with E-state index in [2.05, 4.69) is 4.90 Å². The lowest BCUT2D eigenvalue weighted by atomic mass is 9.87. The summed E-state index contributed by atoms with van der Waals surface area (Å²) in [6, 6.07) is 7.62. The molecule has 1 saturated carbocycles. The summed E-state index contributed by atoms with van der Waals surface area (Å²) >= 11 is 0. The second-order valence-electron chi connectivity index (χ2n) is 10.1. The van der Waals surface area contributed by atoms with Crippen molar-refractivity contribution in [3.05, 3.63) is 41.5 Å². The minimum Gasteiger partial charge on any atom is -0.490 e. The highest BCUT2D eigenvalue weighted by Crippen LogP contribution is 2.45. The van der Waals surface area contributed by atoms with Gasteiger partial charge >= 0.3 is 18.3 Å². The molecule has 4 rings (SSSR count). The summed E-state index contributed by atoms with van der Waals surface area (Å²) in [7, 11) is 0. The molecule has 2 aliphatic rings. The van der Waals surface area contributed by atoms with Gasteiger partial charge in [0.25, 0.3) is 0 Å². The highest BCUT2D eigenvalue weighted by molar-refractivity contribution is 5.89. The number of benzene rings is 2. The average Bonchev–Trinajstić information content (AvgIpc) is 2.83. The first kappa shape index (κ1) is 27.5. The number of alkyl halides is 6. The molecular formula is C27H31F6NO3. The normalized spacial score (nSPS) is 23.2. The van der Waals surface area contributed by atoms with Crippen molar-refractivity contribution in [1.82, 2.24) is 4.90 Å². The number of aliphatic carboxylic acids is 1. The summed E-state index contributed by atoms with van der Waals surface area (Å²) in [6.07, 6.45) is -8.36. The average molecular weight is 532 g/mol. The van der Waals surface area contributed by atoms with Crippen LogP contribution in [-0.2, 0) is 11.0 Å². The molecule has 1 unspecified atom stereocenters. The maximum Gasteiger partial charge on any atom is 0.420 e. The molecule has 0 aromatic heterocycles. The van der Waals surface area contributed by atoms with Crippen LogP contribution in [-0.4, -0.2) is 41.3 Å². The Labute approximate surface area is 211 Å². The fourth-order valence-electron chi connectivity index (χ4n) is 5.77. The fourth-order valence-corrected chi connectivity index (χ4v) is 5.77. The summed E-state index contributed by atoms with van der Waals surface area (Å²) in [5.41, 5.74) is -0.207. The molecule has 0 bridgehead atoms. The van der Waals surface area contributed by atoms with Gasteiger partial charge in [-0.25, -0.2) is 0 Å². The van der Waals surface area contributed by atoms with E-state index in [-0.39, 0.29) is 42.9 Å². The predicted molar refractivity (Wildman–Crippen MR) is 126 cm³/mol. The van der Waals surface area contributed by atoms with Crippen LogP contribution in [0.5, 0.6) is 5.75 Å². The lowest BCUT2D eigenvalue weighted by molar-refractivity contribution is -0.185. The van der Waals surface area contributed by atoms with Crippen LogP contribution in [0.2, 0.25) is 0 Å². The minimum atomic E-state index is -4.72. The monoisotopic (exact) mass is 531 g/mol. The number of rotatable bonds is 6. The zero-order valence-corrected chi connectivity index (χ0v) is 20.5. The molecule has 1 atom stereocenters. The highest BCUT2D eigenvalue weighted by Gasteiger charge is 2.43. The number of fused-ring (bicyclic) bond motifs is 1. The van der Waals surface area contributed by atoms with Crippen molar-refractivity contribution in [2.24, 2.45) is 11.8 Å². The van der Waals surface area contributed by atoms with Crippen LogP contribution in [0, 0.1) is 11.8 Å². The van der Waals surface area contributed by atoms with Crippen LogP contribution < -0.4 is 4.74 Å². The Morgan fingerprint density at radius 3 is 2.16 bits per heavy atom. The molecule has 2 aromatic carbocycles. The molecule has 1 aliphatic carbocycles. The van der Waals surface area contributed by atoms with Crippen molar-refractivity contribution in [1.29, 1.82) is 0 Å². The van der Waals surface area contributed by atoms with Crippen LogP contribution in [0.15, 0.2) is 30.3 Å². The maximum absolute atomic E-state index is 14.3. The summed E-state index contributed by atoms with van der Waals surface area (Å²) in [4.78, 5) is 13.4. The van der Waals surface area contributed by atoms with E-state index in [1.807, 2.05) is 6.92 Å². The van der Waals surface area contributed by atoms with Crippen LogP contribution in [0.1, 0.15) is 69.0 Å². The second-order valence-corrected chi connectivity index (χ2v) is 10.1. The molecule has 1 N–H and O–H groups in total. The molecule has 1 saturated heterocycles. The van der Waals surface area contributed by atoms with Gasteiger partial charge in [0.1, 0.15) is 11.3 Å². The number of ether oxygens (including phenoxy) is 1.